The largest absolute Gasteiger partial charge is 0.480 e. The number of para-hydroxylation sites is 1. The first kappa shape index (κ1) is 24.7. The van der Waals surface area contributed by atoms with E-state index < -0.39 is 36.3 Å². The number of nitrogens with one attached hydrogen (secondary N) is 1. The molecular formula is C25H25F4N3O3. The Labute approximate surface area is 198 Å². The maximum absolute atomic E-state index is 14.3. The Morgan fingerprint density at radius 3 is 2.43 bits per heavy atom. The second-order valence-corrected chi connectivity index (χ2v) is 9.28. The quantitative estimate of drug-likeness (QED) is 0.306. The fourth-order valence-corrected chi connectivity index (χ4v) is 4.27. The van der Waals surface area contributed by atoms with Crippen LogP contribution >= 0.6 is 0 Å². The second kappa shape index (κ2) is 8.67. The van der Waals surface area contributed by atoms with Crippen LogP contribution in [-0.4, -0.2) is 38.5 Å². The number of halogens is 4. The summed E-state index contributed by atoms with van der Waals surface area (Å²) in [6.45, 7) is 4.04. The Morgan fingerprint density at radius 1 is 1.17 bits per heavy atom. The number of hydrogen-bond donors (Lipinski definition) is 2. The van der Waals surface area contributed by atoms with Gasteiger partial charge in [-0.1, -0.05) is 18.2 Å². The van der Waals surface area contributed by atoms with E-state index in [0.717, 1.165) is 19.5 Å². The van der Waals surface area contributed by atoms with Gasteiger partial charge in [0.15, 0.2) is 0 Å². The first-order valence-corrected chi connectivity index (χ1v) is 10.9. The number of aromatic nitrogens is 2. The van der Waals surface area contributed by atoms with Crippen molar-refractivity contribution in [2.45, 2.75) is 51.1 Å². The number of aliphatic carboxylic acids is 1. The molecule has 0 amide bonds. The van der Waals surface area contributed by atoms with Crippen molar-refractivity contribution >= 4 is 27.9 Å². The van der Waals surface area contributed by atoms with Crippen molar-refractivity contribution < 1.29 is 31.9 Å². The molecule has 0 radical (unpaired) electrons. The van der Waals surface area contributed by atoms with Crippen LogP contribution < -0.4 is 5.32 Å². The molecule has 2 atom stereocenters. The summed E-state index contributed by atoms with van der Waals surface area (Å²) >= 11 is 0. The lowest BCUT2D eigenvalue weighted by Crippen LogP contribution is -2.47. The summed E-state index contributed by atoms with van der Waals surface area (Å²) in [7, 11) is 1.77. The Bertz CT molecular complexity index is 1400. The van der Waals surface area contributed by atoms with Gasteiger partial charge in [0.2, 0.25) is 0 Å². The van der Waals surface area contributed by atoms with Gasteiger partial charge in [-0.05, 0) is 44.5 Å². The molecule has 0 aliphatic rings. The van der Waals surface area contributed by atoms with Gasteiger partial charge in [0.05, 0.1) is 12.0 Å². The molecular weight excluding hydrogens is 466 g/mol. The van der Waals surface area contributed by atoms with Gasteiger partial charge in [-0.3, -0.25) is 10.1 Å². The van der Waals surface area contributed by atoms with Gasteiger partial charge in [-0.25, -0.2) is 9.37 Å². The normalized spacial score (nSPS) is 14.5. The summed E-state index contributed by atoms with van der Waals surface area (Å²) in [6, 6.07) is 5.54. The van der Waals surface area contributed by atoms with Crippen LogP contribution in [0.5, 0.6) is 0 Å². The molecule has 0 aliphatic carbocycles. The summed E-state index contributed by atoms with van der Waals surface area (Å²) in [5.74, 6) is -1.57. The second-order valence-electron chi connectivity index (χ2n) is 9.28. The smallest absolute Gasteiger partial charge is 0.407 e. The lowest BCUT2D eigenvalue weighted by atomic mass is 9.94. The molecule has 4 rings (SSSR count). The summed E-state index contributed by atoms with van der Waals surface area (Å²) in [4.78, 5) is 16.1. The number of nitrogens with zero attached hydrogens (tertiary/aromatic N) is 2. The molecule has 0 saturated heterocycles. The van der Waals surface area contributed by atoms with Gasteiger partial charge in [0.25, 0.3) is 0 Å². The Hall–Kier alpha value is -3.40. The number of alkyl halides is 4. The third-order valence-electron chi connectivity index (χ3n) is 6.00. The first-order valence-electron chi connectivity index (χ1n) is 10.9. The molecule has 0 saturated carbocycles. The third-order valence-corrected chi connectivity index (χ3v) is 6.00. The summed E-state index contributed by atoms with van der Waals surface area (Å²) in [6.07, 6.45) is -3.95. The zero-order valence-electron chi connectivity index (χ0n) is 19.6. The average molecular weight is 491 g/mol. The van der Waals surface area contributed by atoms with E-state index in [0.29, 0.717) is 27.6 Å². The van der Waals surface area contributed by atoms with Gasteiger partial charge in [-0.15, -0.1) is 0 Å². The van der Waals surface area contributed by atoms with E-state index >= 15 is 0 Å². The molecule has 2 heterocycles. The topological polar surface area (TPSA) is 80.3 Å². The van der Waals surface area contributed by atoms with Crippen molar-refractivity contribution in [1.82, 2.24) is 14.9 Å². The number of carboxylic acids is 1. The van der Waals surface area contributed by atoms with Crippen LogP contribution in [0.4, 0.5) is 17.6 Å². The molecule has 2 N–H and O–H groups in total. The maximum Gasteiger partial charge on any atom is 0.407 e. The summed E-state index contributed by atoms with van der Waals surface area (Å²) < 4.78 is 64.7. The van der Waals surface area contributed by atoms with Gasteiger partial charge >= 0.3 is 12.1 Å². The van der Waals surface area contributed by atoms with Crippen LogP contribution in [-0.2, 0) is 11.8 Å². The van der Waals surface area contributed by atoms with Crippen LogP contribution in [0.1, 0.15) is 37.6 Å². The van der Waals surface area contributed by atoms with Gasteiger partial charge in [0.1, 0.15) is 28.9 Å². The highest BCUT2D eigenvalue weighted by Crippen LogP contribution is 2.42. The molecule has 186 valence electrons. The van der Waals surface area contributed by atoms with Crippen LogP contribution in [0.25, 0.3) is 33.2 Å². The molecule has 4 aromatic rings. The maximum atomic E-state index is 14.3. The average Bonchev–Trinajstić information content (AvgIpc) is 3.28. The standard InChI is InChI=1S/C25H25F4N3O3/c1-13-21(30-12-32(13)4)16-9-14(10-19-20(16)15-7-5-6-8-18(15)35-19)22(25(27,28)29)31-17(23(33)34)11-24(2,3)26/h5-10,12,17,22,31H,11H2,1-4H3,(H,33,34)/t17-,22-/m0/s1. The number of benzene rings is 2. The number of rotatable bonds is 7. The van der Waals surface area contributed by atoms with Crippen molar-refractivity contribution in [1.29, 1.82) is 0 Å². The van der Waals surface area contributed by atoms with Crippen LogP contribution in [0.2, 0.25) is 0 Å². The van der Waals surface area contributed by atoms with Crippen molar-refractivity contribution in [3.8, 4) is 11.3 Å². The van der Waals surface area contributed by atoms with Gasteiger partial charge in [-0.2, -0.15) is 13.2 Å². The predicted octanol–water partition coefficient (Wildman–Crippen LogP) is 6.08. The Kier molecular flexibility index (Phi) is 6.12. The molecule has 0 spiro atoms. The van der Waals surface area contributed by atoms with E-state index in [1.165, 1.54) is 12.1 Å². The van der Waals surface area contributed by atoms with Crippen molar-refractivity contribution in [3.63, 3.8) is 0 Å². The monoisotopic (exact) mass is 491 g/mol. The van der Waals surface area contributed by atoms with Crippen LogP contribution in [0.15, 0.2) is 47.1 Å². The van der Waals surface area contributed by atoms with Gasteiger partial charge < -0.3 is 14.1 Å². The predicted molar refractivity (Wildman–Crippen MR) is 124 cm³/mol. The lowest BCUT2D eigenvalue weighted by Gasteiger charge is -2.28. The van der Waals surface area contributed by atoms with Crippen LogP contribution in [0.3, 0.4) is 0 Å². The highest BCUT2D eigenvalue weighted by atomic mass is 19.4. The highest BCUT2D eigenvalue weighted by molar-refractivity contribution is 6.12. The molecule has 35 heavy (non-hydrogen) atoms. The van der Waals surface area contributed by atoms with Crippen LogP contribution in [0, 0.1) is 6.92 Å². The zero-order valence-corrected chi connectivity index (χ0v) is 19.6. The minimum atomic E-state index is -4.87. The summed E-state index contributed by atoms with van der Waals surface area (Å²) in [5.41, 5.74) is 0.0808. The first-order chi connectivity index (χ1) is 16.3. The molecule has 0 bridgehead atoms. The fourth-order valence-electron chi connectivity index (χ4n) is 4.27. The molecule has 10 heteroatoms. The molecule has 2 aromatic heterocycles. The van der Waals surface area contributed by atoms with E-state index in [2.05, 4.69) is 10.3 Å². The number of hydrogen-bond acceptors (Lipinski definition) is 4. The van der Waals surface area contributed by atoms with Crippen molar-refractivity contribution in [2.24, 2.45) is 7.05 Å². The molecule has 0 unspecified atom stereocenters. The highest BCUT2D eigenvalue weighted by Gasteiger charge is 2.44. The SMILES string of the molecule is Cc1c(-c2cc([C@H](N[C@@H](CC(C)(C)F)C(=O)O)C(F)(F)F)cc3oc4ccccc4c23)ncn1C. The Balaban J connectivity index is 1.95. The molecule has 0 fully saturated rings. The number of imidazole rings is 1. The minimum absolute atomic E-state index is 0.206. The zero-order chi connectivity index (χ0) is 25.7. The van der Waals surface area contributed by atoms with Crippen molar-refractivity contribution in [3.05, 3.63) is 54.0 Å². The minimum Gasteiger partial charge on any atom is -0.480 e. The number of furan rings is 1. The van der Waals surface area contributed by atoms with Gasteiger partial charge in [0, 0.05) is 35.5 Å². The lowest BCUT2D eigenvalue weighted by molar-refractivity contribution is -0.164. The number of fused-ring (bicyclic) bond motifs is 3. The van der Waals surface area contributed by atoms with E-state index in [1.54, 1.807) is 43.1 Å². The number of carboxylic acid groups (broad SMARTS) is 1. The number of aryl methyl sites for hydroxylation is 1. The van der Waals surface area contributed by atoms with E-state index in [4.69, 9.17) is 4.42 Å². The van der Waals surface area contributed by atoms with E-state index in [-0.39, 0.29) is 11.1 Å². The third kappa shape index (κ3) is 4.88. The van der Waals surface area contributed by atoms with E-state index in [9.17, 15) is 27.5 Å². The number of carbonyl (C=O) groups is 1. The Morgan fingerprint density at radius 2 is 1.86 bits per heavy atom. The fraction of sp³-hybridized carbons (Fsp3) is 0.360. The van der Waals surface area contributed by atoms with Crippen molar-refractivity contribution in [2.75, 3.05) is 0 Å². The molecule has 2 aromatic carbocycles. The molecule has 6 nitrogen and oxygen atoms in total. The molecule has 0 aliphatic heterocycles. The summed E-state index contributed by atoms with van der Waals surface area (Å²) in [5, 5.41) is 13.0. The van der Waals surface area contributed by atoms with E-state index in [1.807, 2.05) is 6.07 Å².